The molecule has 0 radical (unpaired) electrons. The van der Waals surface area contributed by atoms with Crippen LogP contribution in [0.4, 0.5) is 0 Å². The first-order valence-corrected chi connectivity index (χ1v) is 10.8. The lowest BCUT2D eigenvalue weighted by atomic mass is 9.90. The molecule has 0 unspecified atom stereocenters. The Bertz CT molecular complexity index is 977. The Morgan fingerprint density at radius 1 is 0.933 bits per heavy atom. The number of piperazine rings is 1. The number of nitrogens with zero attached hydrogens (tertiary/aromatic N) is 2. The molecular formula is C24H26Cl2N2O2. The minimum Gasteiger partial charge on any atom is -0.339 e. The highest BCUT2D eigenvalue weighted by Crippen LogP contribution is 2.38. The van der Waals surface area contributed by atoms with Gasteiger partial charge in [0, 0.05) is 44.7 Å². The second kappa shape index (κ2) is 9.67. The predicted octanol–water partition coefficient (Wildman–Crippen LogP) is 5.49. The third-order valence-corrected chi connectivity index (χ3v) is 6.25. The van der Waals surface area contributed by atoms with Crippen LogP contribution in [0.3, 0.4) is 0 Å². The van der Waals surface area contributed by atoms with Crippen molar-refractivity contribution < 1.29 is 9.59 Å². The third kappa shape index (κ3) is 4.88. The average Bonchev–Trinajstić information content (AvgIpc) is 2.74. The summed E-state index contributed by atoms with van der Waals surface area (Å²) in [6.45, 7) is 8.01. The van der Waals surface area contributed by atoms with E-state index in [4.69, 9.17) is 23.2 Å². The third-order valence-electron chi connectivity index (χ3n) is 5.43. The molecule has 0 aromatic heterocycles. The maximum Gasteiger partial charge on any atom is 0.246 e. The van der Waals surface area contributed by atoms with Crippen molar-refractivity contribution in [1.29, 1.82) is 0 Å². The highest BCUT2D eigenvalue weighted by Gasteiger charge is 2.21. The smallest absolute Gasteiger partial charge is 0.246 e. The van der Waals surface area contributed by atoms with Gasteiger partial charge in [0.15, 0.2) is 0 Å². The molecule has 2 aromatic rings. The summed E-state index contributed by atoms with van der Waals surface area (Å²) >= 11 is 12.8. The topological polar surface area (TPSA) is 40.6 Å². The monoisotopic (exact) mass is 444 g/mol. The van der Waals surface area contributed by atoms with E-state index in [1.54, 1.807) is 34.9 Å². The highest BCUT2D eigenvalue weighted by atomic mass is 35.5. The van der Waals surface area contributed by atoms with Crippen LogP contribution in [0.2, 0.25) is 10.0 Å². The first-order chi connectivity index (χ1) is 14.3. The number of hydrogen-bond donors (Lipinski definition) is 0. The van der Waals surface area contributed by atoms with Gasteiger partial charge in [0.05, 0.1) is 10.0 Å². The molecule has 0 aliphatic carbocycles. The number of rotatable bonds is 4. The van der Waals surface area contributed by atoms with Crippen LogP contribution in [0.5, 0.6) is 0 Å². The van der Waals surface area contributed by atoms with Crippen molar-refractivity contribution in [2.24, 2.45) is 0 Å². The van der Waals surface area contributed by atoms with Gasteiger partial charge in [0.1, 0.15) is 0 Å². The summed E-state index contributed by atoms with van der Waals surface area (Å²) in [5.74, 6) is 0.279. The van der Waals surface area contributed by atoms with E-state index in [-0.39, 0.29) is 11.8 Å². The van der Waals surface area contributed by atoms with Crippen LogP contribution < -0.4 is 0 Å². The molecule has 1 heterocycles. The van der Waals surface area contributed by atoms with Gasteiger partial charge in [-0.3, -0.25) is 9.59 Å². The van der Waals surface area contributed by atoms with Crippen LogP contribution in [0, 0.1) is 0 Å². The zero-order valence-electron chi connectivity index (χ0n) is 17.5. The van der Waals surface area contributed by atoms with E-state index in [0.29, 0.717) is 42.1 Å². The summed E-state index contributed by atoms with van der Waals surface area (Å²) in [5.41, 5.74) is 3.96. The van der Waals surface area contributed by atoms with E-state index in [0.717, 1.165) is 16.7 Å². The van der Waals surface area contributed by atoms with Crippen molar-refractivity contribution in [3.63, 3.8) is 0 Å². The molecule has 0 atom stereocenters. The van der Waals surface area contributed by atoms with Crippen LogP contribution in [0.1, 0.15) is 37.8 Å². The number of benzene rings is 2. The summed E-state index contributed by atoms with van der Waals surface area (Å²) in [5, 5.41) is 0.878. The summed E-state index contributed by atoms with van der Waals surface area (Å²) in [6.07, 6.45) is 3.29. The van der Waals surface area contributed by atoms with Crippen LogP contribution >= 0.6 is 23.2 Å². The molecule has 6 heteroatoms. The fraction of sp³-hybridized carbons (Fsp3) is 0.333. The van der Waals surface area contributed by atoms with Crippen LogP contribution in [0.25, 0.3) is 17.2 Å². The SMILES string of the molecule is CC(=O)N1CCN(C(=O)/C=C/c2c(-c3ccccc3C(C)C)ccc(Cl)c2Cl)CC1. The van der Waals surface area contributed by atoms with E-state index in [1.807, 2.05) is 18.2 Å². The van der Waals surface area contributed by atoms with E-state index >= 15 is 0 Å². The molecule has 1 aliphatic rings. The fourth-order valence-electron chi connectivity index (χ4n) is 3.71. The normalized spacial score (nSPS) is 14.6. The Hall–Kier alpha value is -2.30. The van der Waals surface area contributed by atoms with Crippen LogP contribution in [0.15, 0.2) is 42.5 Å². The number of hydrogen-bond acceptors (Lipinski definition) is 2. The Morgan fingerprint density at radius 3 is 2.20 bits per heavy atom. The van der Waals surface area contributed by atoms with Crippen molar-refractivity contribution >= 4 is 41.1 Å². The van der Waals surface area contributed by atoms with Crippen molar-refractivity contribution in [3.8, 4) is 11.1 Å². The molecule has 158 valence electrons. The lowest BCUT2D eigenvalue weighted by Crippen LogP contribution is -2.49. The Morgan fingerprint density at radius 2 is 1.57 bits per heavy atom. The largest absolute Gasteiger partial charge is 0.339 e. The van der Waals surface area contributed by atoms with Gasteiger partial charge in [-0.25, -0.2) is 0 Å². The van der Waals surface area contributed by atoms with Crippen molar-refractivity contribution in [2.75, 3.05) is 26.2 Å². The van der Waals surface area contributed by atoms with Gasteiger partial charge in [0.2, 0.25) is 11.8 Å². The molecule has 1 fully saturated rings. The molecule has 0 bridgehead atoms. The summed E-state index contributed by atoms with van der Waals surface area (Å²) < 4.78 is 0. The number of halogens is 2. The van der Waals surface area contributed by atoms with Gasteiger partial charge in [-0.1, -0.05) is 67.4 Å². The van der Waals surface area contributed by atoms with Crippen LogP contribution in [-0.4, -0.2) is 47.8 Å². The van der Waals surface area contributed by atoms with E-state index in [2.05, 4.69) is 26.0 Å². The number of carbonyl (C=O) groups excluding carboxylic acids is 2. The van der Waals surface area contributed by atoms with E-state index in [9.17, 15) is 9.59 Å². The summed E-state index contributed by atoms with van der Waals surface area (Å²) in [6, 6.07) is 11.9. The van der Waals surface area contributed by atoms with Crippen LogP contribution in [-0.2, 0) is 9.59 Å². The minimum atomic E-state index is -0.0997. The molecule has 3 rings (SSSR count). The first kappa shape index (κ1) is 22.4. The predicted molar refractivity (Wildman–Crippen MR) is 124 cm³/mol. The zero-order valence-corrected chi connectivity index (χ0v) is 19.0. The maximum absolute atomic E-state index is 12.7. The highest BCUT2D eigenvalue weighted by molar-refractivity contribution is 6.43. The molecule has 30 heavy (non-hydrogen) atoms. The lowest BCUT2D eigenvalue weighted by molar-refractivity contribution is -0.135. The Balaban J connectivity index is 1.90. The molecule has 4 nitrogen and oxygen atoms in total. The quantitative estimate of drug-likeness (QED) is 0.585. The molecule has 0 spiro atoms. The first-order valence-electron chi connectivity index (χ1n) is 10.1. The number of carbonyl (C=O) groups is 2. The zero-order chi connectivity index (χ0) is 21.8. The fourth-order valence-corrected chi connectivity index (χ4v) is 4.10. The van der Waals surface area contributed by atoms with E-state index < -0.39 is 0 Å². The van der Waals surface area contributed by atoms with Gasteiger partial charge in [0.25, 0.3) is 0 Å². The van der Waals surface area contributed by atoms with Crippen molar-refractivity contribution in [1.82, 2.24) is 9.80 Å². The molecule has 0 saturated carbocycles. The second-order valence-corrected chi connectivity index (χ2v) is 8.51. The molecule has 0 N–H and O–H groups in total. The Kier molecular flexibility index (Phi) is 7.22. The standard InChI is InChI=1S/C24H26Cl2N2O2/c1-16(2)18-6-4-5-7-19(18)20-8-10-22(25)24(26)21(20)9-11-23(30)28-14-12-27(13-15-28)17(3)29/h4-11,16H,12-15H2,1-3H3/b11-9+. The number of amides is 2. The molecule has 1 aliphatic heterocycles. The van der Waals surface area contributed by atoms with E-state index in [1.165, 1.54) is 5.56 Å². The molecule has 2 aromatic carbocycles. The van der Waals surface area contributed by atoms with Gasteiger partial charge in [-0.15, -0.1) is 0 Å². The molecule has 1 saturated heterocycles. The summed E-state index contributed by atoms with van der Waals surface area (Å²) in [7, 11) is 0. The van der Waals surface area contributed by atoms with Gasteiger partial charge in [-0.2, -0.15) is 0 Å². The van der Waals surface area contributed by atoms with Gasteiger partial charge >= 0.3 is 0 Å². The second-order valence-electron chi connectivity index (χ2n) is 7.73. The van der Waals surface area contributed by atoms with Gasteiger partial charge < -0.3 is 9.80 Å². The summed E-state index contributed by atoms with van der Waals surface area (Å²) in [4.78, 5) is 27.7. The van der Waals surface area contributed by atoms with Gasteiger partial charge in [-0.05, 0) is 34.8 Å². The maximum atomic E-state index is 12.7. The van der Waals surface area contributed by atoms with Crippen molar-refractivity contribution in [2.45, 2.75) is 26.7 Å². The van der Waals surface area contributed by atoms with Crippen molar-refractivity contribution in [3.05, 3.63) is 63.6 Å². The molecule has 2 amide bonds. The minimum absolute atomic E-state index is 0.0387. The molecular weight excluding hydrogens is 419 g/mol. The lowest BCUT2D eigenvalue weighted by Gasteiger charge is -2.33. The average molecular weight is 445 g/mol. The Labute approximate surface area is 188 Å².